The van der Waals surface area contributed by atoms with Gasteiger partial charge in [0.05, 0.1) is 18.4 Å². The molecular weight excluding hydrogens is 493 g/mol. The van der Waals surface area contributed by atoms with Gasteiger partial charge < -0.3 is 9.47 Å². The van der Waals surface area contributed by atoms with Crippen LogP contribution in [0.1, 0.15) is 76.6 Å². The highest BCUT2D eigenvalue weighted by Crippen LogP contribution is 2.58. The number of benzene rings is 2. The standard InChI is InChI=1S/C32H38FN3O3/c1-22(2)39-26-9-7-23(8-10-26)24-5-4-6-25(19-24)34-29(37)38-21-30-11-14-31(15-12-30,16-13-30)28-20-27(35-36(28)3)32(33)17-18-32/h4-10,19-20,22H,11-18,21H2,1-3H3,(H,34,37). The maximum absolute atomic E-state index is 14.7. The maximum atomic E-state index is 14.7. The Bertz CT molecular complexity index is 1330. The Morgan fingerprint density at radius 2 is 1.67 bits per heavy atom. The fourth-order valence-electron chi connectivity index (χ4n) is 6.56. The van der Waals surface area contributed by atoms with Crippen molar-refractivity contribution in [1.29, 1.82) is 0 Å². The third-order valence-corrected chi connectivity index (χ3v) is 9.15. The highest BCUT2D eigenvalue weighted by molar-refractivity contribution is 5.86. The van der Waals surface area contributed by atoms with Crippen LogP contribution in [0.5, 0.6) is 5.75 Å². The van der Waals surface area contributed by atoms with Gasteiger partial charge in [0.2, 0.25) is 0 Å². The van der Waals surface area contributed by atoms with Crippen molar-refractivity contribution in [2.45, 2.75) is 82.4 Å². The summed E-state index contributed by atoms with van der Waals surface area (Å²) in [4.78, 5) is 12.8. The second-order valence-corrected chi connectivity index (χ2v) is 12.3. The van der Waals surface area contributed by atoms with Crippen LogP contribution in [-0.4, -0.2) is 28.6 Å². The van der Waals surface area contributed by atoms with Crippen LogP contribution in [0.25, 0.3) is 11.1 Å². The minimum absolute atomic E-state index is 0.0277. The number of nitrogens with zero attached hydrogens (tertiary/aromatic N) is 2. The lowest BCUT2D eigenvalue weighted by atomic mass is 9.53. The van der Waals surface area contributed by atoms with Crippen molar-refractivity contribution in [3.63, 3.8) is 0 Å². The van der Waals surface area contributed by atoms with Crippen LogP contribution in [0, 0.1) is 5.41 Å². The van der Waals surface area contributed by atoms with Crippen LogP contribution in [-0.2, 0) is 22.9 Å². The Morgan fingerprint density at radius 3 is 2.31 bits per heavy atom. The van der Waals surface area contributed by atoms with E-state index in [1.54, 1.807) is 0 Å². The number of hydrogen-bond acceptors (Lipinski definition) is 4. The van der Waals surface area contributed by atoms with Crippen LogP contribution in [0.15, 0.2) is 54.6 Å². The number of alkyl halides is 1. The van der Waals surface area contributed by atoms with E-state index in [2.05, 4.69) is 10.4 Å². The molecule has 1 amide bonds. The fourth-order valence-corrected chi connectivity index (χ4v) is 6.56. The van der Waals surface area contributed by atoms with Gasteiger partial charge in [-0.2, -0.15) is 5.10 Å². The average Bonchev–Trinajstić information content (AvgIpc) is 3.56. The molecule has 206 valence electrons. The fraction of sp³-hybridized carbons (Fsp3) is 0.500. The molecule has 3 aromatic rings. The van der Waals surface area contributed by atoms with Crippen LogP contribution >= 0.6 is 0 Å². The summed E-state index contributed by atoms with van der Waals surface area (Å²) in [6.07, 6.45) is 6.99. The molecule has 39 heavy (non-hydrogen) atoms. The molecule has 0 spiro atoms. The third-order valence-electron chi connectivity index (χ3n) is 9.15. The van der Waals surface area contributed by atoms with Crippen LogP contribution in [0.4, 0.5) is 14.9 Å². The maximum Gasteiger partial charge on any atom is 0.411 e. The van der Waals surface area contributed by atoms with Gasteiger partial charge in [-0.3, -0.25) is 10.00 Å². The molecule has 0 unspecified atom stereocenters. The number of anilines is 1. The zero-order valence-corrected chi connectivity index (χ0v) is 23.1. The van der Waals surface area contributed by atoms with E-state index < -0.39 is 11.8 Å². The summed E-state index contributed by atoms with van der Waals surface area (Å²) in [5.41, 5.74) is 3.44. The SMILES string of the molecule is CC(C)Oc1ccc(-c2cccc(NC(=O)OCC34CCC(c5cc(C6(F)CC6)nn5C)(CC3)CC4)c2)cc1. The van der Waals surface area contributed by atoms with Crippen molar-refractivity contribution in [3.8, 4) is 16.9 Å². The number of fused-ring (bicyclic) bond motifs is 3. The number of aryl methyl sites for hydroxylation is 1. The Hall–Kier alpha value is -3.35. The number of carbonyl (C=O) groups excluding carboxylic acids is 1. The molecule has 0 atom stereocenters. The summed E-state index contributed by atoms with van der Waals surface area (Å²) in [5.74, 6) is 0.838. The average molecular weight is 532 g/mol. The van der Waals surface area contributed by atoms with E-state index in [9.17, 15) is 9.18 Å². The van der Waals surface area contributed by atoms with Crippen molar-refractivity contribution < 1.29 is 18.7 Å². The molecule has 2 aromatic carbocycles. The molecule has 4 aliphatic rings. The van der Waals surface area contributed by atoms with Crippen molar-refractivity contribution in [1.82, 2.24) is 9.78 Å². The van der Waals surface area contributed by atoms with E-state index in [-0.39, 0.29) is 16.9 Å². The summed E-state index contributed by atoms with van der Waals surface area (Å²) in [7, 11) is 1.95. The smallest absolute Gasteiger partial charge is 0.411 e. The van der Waals surface area contributed by atoms with Gasteiger partial charge in [-0.25, -0.2) is 9.18 Å². The first kappa shape index (κ1) is 25.9. The normalized spacial score (nSPS) is 24.9. The quantitative estimate of drug-likeness (QED) is 0.324. The van der Waals surface area contributed by atoms with Crippen molar-refractivity contribution in [3.05, 3.63) is 66.0 Å². The highest BCUT2D eigenvalue weighted by Gasteiger charge is 2.53. The summed E-state index contributed by atoms with van der Waals surface area (Å²) in [6.45, 7) is 4.44. The van der Waals surface area contributed by atoms with Crippen LogP contribution in [0.3, 0.4) is 0 Å². The number of amides is 1. The molecule has 7 heteroatoms. The molecule has 6 nitrogen and oxygen atoms in total. The zero-order valence-electron chi connectivity index (χ0n) is 23.1. The van der Waals surface area contributed by atoms with Crippen molar-refractivity contribution in [2.75, 3.05) is 11.9 Å². The molecule has 1 N–H and O–H groups in total. The molecule has 1 heterocycles. The van der Waals surface area contributed by atoms with Gasteiger partial charge in [-0.1, -0.05) is 24.3 Å². The molecule has 1 aromatic heterocycles. The lowest BCUT2D eigenvalue weighted by molar-refractivity contribution is -0.0137. The van der Waals surface area contributed by atoms with E-state index in [0.717, 1.165) is 55.4 Å². The number of carbonyl (C=O) groups is 1. The number of ether oxygens (including phenoxy) is 2. The highest BCUT2D eigenvalue weighted by atomic mass is 19.1. The van der Waals surface area contributed by atoms with E-state index in [0.29, 0.717) is 30.8 Å². The lowest BCUT2D eigenvalue weighted by Crippen LogP contribution is -2.47. The molecular formula is C32H38FN3O3. The number of halogens is 1. The Morgan fingerprint density at radius 1 is 0.974 bits per heavy atom. The lowest BCUT2D eigenvalue weighted by Gasteiger charge is -2.53. The van der Waals surface area contributed by atoms with Gasteiger partial charge in [0.1, 0.15) is 5.75 Å². The van der Waals surface area contributed by atoms with E-state index in [1.165, 1.54) is 5.69 Å². The van der Waals surface area contributed by atoms with Crippen molar-refractivity contribution in [2.24, 2.45) is 12.5 Å². The molecule has 4 aliphatic carbocycles. The van der Waals surface area contributed by atoms with Gasteiger partial charge >= 0.3 is 6.09 Å². The summed E-state index contributed by atoms with van der Waals surface area (Å²) in [5, 5.41) is 7.46. The zero-order chi connectivity index (χ0) is 27.3. The van der Waals surface area contributed by atoms with Crippen LogP contribution in [0.2, 0.25) is 0 Å². The first-order valence-corrected chi connectivity index (χ1v) is 14.2. The number of rotatable bonds is 8. The Labute approximate surface area is 229 Å². The van der Waals surface area contributed by atoms with Crippen molar-refractivity contribution >= 4 is 11.8 Å². The number of nitrogens with one attached hydrogen (secondary N) is 1. The van der Waals surface area contributed by atoms with E-state index >= 15 is 0 Å². The first-order chi connectivity index (χ1) is 18.7. The number of aromatic nitrogens is 2. The Balaban J connectivity index is 1.04. The second-order valence-electron chi connectivity index (χ2n) is 12.3. The number of hydrogen-bond donors (Lipinski definition) is 1. The molecule has 0 aliphatic heterocycles. The molecule has 4 saturated carbocycles. The van der Waals surface area contributed by atoms with Gasteiger partial charge in [0, 0.05) is 29.3 Å². The van der Waals surface area contributed by atoms with E-state index in [1.807, 2.05) is 80.2 Å². The monoisotopic (exact) mass is 531 g/mol. The predicted octanol–water partition coefficient (Wildman–Crippen LogP) is 7.67. The molecule has 0 saturated heterocycles. The minimum atomic E-state index is -1.20. The minimum Gasteiger partial charge on any atom is -0.491 e. The molecule has 0 radical (unpaired) electrons. The third kappa shape index (κ3) is 5.15. The summed E-state index contributed by atoms with van der Waals surface area (Å²) in [6, 6.07) is 17.8. The molecule has 7 rings (SSSR count). The van der Waals surface area contributed by atoms with Gasteiger partial charge in [-0.15, -0.1) is 0 Å². The van der Waals surface area contributed by atoms with Gasteiger partial charge in [0.25, 0.3) is 0 Å². The largest absolute Gasteiger partial charge is 0.491 e. The summed E-state index contributed by atoms with van der Waals surface area (Å²) >= 11 is 0. The first-order valence-electron chi connectivity index (χ1n) is 14.2. The van der Waals surface area contributed by atoms with Gasteiger partial charge in [0.15, 0.2) is 5.67 Å². The summed E-state index contributed by atoms with van der Waals surface area (Å²) < 4.78 is 28.1. The molecule has 2 bridgehead atoms. The predicted molar refractivity (Wildman–Crippen MR) is 150 cm³/mol. The van der Waals surface area contributed by atoms with Crippen LogP contribution < -0.4 is 10.1 Å². The Kier molecular flexibility index (Phi) is 6.43. The second kappa shape index (κ2) is 9.68. The van der Waals surface area contributed by atoms with Gasteiger partial charge in [-0.05, 0) is 107 Å². The molecule has 4 fully saturated rings. The topological polar surface area (TPSA) is 65.4 Å². The van der Waals surface area contributed by atoms with E-state index in [4.69, 9.17) is 9.47 Å².